The van der Waals surface area contributed by atoms with Gasteiger partial charge in [-0.3, -0.25) is 5.10 Å². The minimum atomic E-state index is 0.973. The van der Waals surface area contributed by atoms with Gasteiger partial charge in [-0.05, 0) is 19.1 Å². The van der Waals surface area contributed by atoms with Crippen molar-refractivity contribution in [3.8, 4) is 0 Å². The van der Waals surface area contributed by atoms with E-state index in [0.29, 0.717) is 0 Å². The van der Waals surface area contributed by atoms with Crippen molar-refractivity contribution in [2.75, 3.05) is 0 Å². The molecule has 1 N–H and O–H groups in total. The predicted octanol–water partition coefficient (Wildman–Crippen LogP) is 4.62. The summed E-state index contributed by atoms with van der Waals surface area (Å²) in [7, 11) is 0. The zero-order chi connectivity index (χ0) is 13.7. The second kappa shape index (κ2) is 6.25. The molecular formula is C16H16N2S. The molecule has 1 aromatic heterocycles. The second-order valence-electron chi connectivity index (χ2n) is 4.09. The quantitative estimate of drug-likeness (QED) is 0.801. The summed E-state index contributed by atoms with van der Waals surface area (Å²) >= 11 is 1.68. The molecule has 19 heavy (non-hydrogen) atoms. The van der Waals surface area contributed by atoms with Gasteiger partial charge in [-0.25, -0.2) is 0 Å². The van der Waals surface area contributed by atoms with E-state index in [2.05, 4.69) is 54.5 Å². The van der Waals surface area contributed by atoms with E-state index in [1.54, 1.807) is 23.9 Å². The Bertz CT molecular complexity index is 606. The number of hydrogen-bond donors (Lipinski definition) is 1. The monoisotopic (exact) mass is 268 g/mol. The normalized spacial score (nSPS) is 11.3. The highest BCUT2D eigenvalue weighted by Crippen LogP contribution is 2.32. The first kappa shape index (κ1) is 13.4. The lowest BCUT2D eigenvalue weighted by Crippen LogP contribution is -1.84. The van der Waals surface area contributed by atoms with Gasteiger partial charge in [0.2, 0.25) is 0 Å². The molecule has 2 rings (SSSR count). The van der Waals surface area contributed by atoms with Gasteiger partial charge >= 0.3 is 0 Å². The van der Waals surface area contributed by atoms with Crippen LogP contribution in [-0.2, 0) is 0 Å². The van der Waals surface area contributed by atoms with Crippen molar-refractivity contribution in [2.45, 2.75) is 16.7 Å². The Morgan fingerprint density at radius 2 is 2.00 bits per heavy atom. The second-order valence-corrected chi connectivity index (χ2v) is 5.20. The number of allylic oxidation sites excluding steroid dienone is 4. The Labute approximate surface area is 117 Å². The standard InChI is InChI=1S/C16H16N2S/c1-4-6-13(5-2)16-15(11-17-18-16)19-14-9-7-12(3)8-10-14/h4-11H,1-2H2,3H3,(H,17,18)/b13-6+. The van der Waals surface area contributed by atoms with Gasteiger partial charge in [0.1, 0.15) is 0 Å². The number of hydrogen-bond acceptors (Lipinski definition) is 2. The van der Waals surface area contributed by atoms with E-state index in [1.807, 2.05) is 12.3 Å². The summed E-state index contributed by atoms with van der Waals surface area (Å²) in [5.41, 5.74) is 3.22. The molecule has 0 aliphatic rings. The van der Waals surface area contributed by atoms with Crippen LogP contribution in [0.4, 0.5) is 0 Å². The van der Waals surface area contributed by atoms with Crippen molar-refractivity contribution in [2.24, 2.45) is 0 Å². The molecule has 0 amide bonds. The lowest BCUT2D eigenvalue weighted by molar-refractivity contribution is 1.07. The summed E-state index contributed by atoms with van der Waals surface area (Å²) in [4.78, 5) is 2.27. The highest BCUT2D eigenvalue weighted by atomic mass is 32.2. The number of H-pyrrole nitrogens is 1. The van der Waals surface area contributed by atoms with Crippen molar-refractivity contribution in [3.63, 3.8) is 0 Å². The van der Waals surface area contributed by atoms with Crippen molar-refractivity contribution < 1.29 is 0 Å². The van der Waals surface area contributed by atoms with E-state index in [-0.39, 0.29) is 0 Å². The van der Waals surface area contributed by atoms with Gasteiger partial charge in [-0.15, -0.1) is 0 Å². The number of aromatic amines is 1. The van der Waals surface area contributed by atoms with Gasteiger partial charge in [-0.1, -0.05) is 60.8 Å². The molecule has 3 heteroatoms. The molecule has 0 fully saturated rings. The van der Waals surface area contributed by atoms with Gasteiger partial charge in [0, 0.05) is 10.5 Å². The van der Waals surface area contributed by atoms with E-state index in [0.717, 1.165) is 16.2 Å². The number of aryl methyl sites for hydroxylation is 1. The van der Waals surface area contributed by atoms with Crippen LogP contribution in [0.3, 0.4) is 0 Å². The smallest absolute Gasteiger partial charge is 0.0789 e. The van der Waals surface area contributed by atoms with Crippen LogP contribution in [0.1, 0.15) is 11.3 Å². The predicted molar refractivity (Wildman–Crippen MR) is 82.3 cm³/mol. The molecule has 1 heterocycles. The van der Waals surface area contributed by atoms with Crippen LogP contribution in [0.2, 0.25) is 0 Å². The first-order valence-corrected chi connectivity index (χ1v) is 6.79. The van der Waals surface area contributed by atoms with Crippen LogP contribution in [0, 0.1) is 6.92 Å². The molecule has 0 atom stereocenters. The van der Waals surface area contributed by atoms with Crippen molar-refractivity contribution in [1.29, 1.82) is 0 Å². The van der Waals surface area contributed by atoms with E-state index < -0.39 is 0 Å². The molecule has 1 aromatic carbocycles. The maximum Gasteiger partial charge on any atom is 0.0789 e. The fraction of sp³-hybridized carbons (Fsp3) is 0.0625. The maximum atomic E-state index is 4.12. The summed E-state index contributed by atoms with van der Waals surface area (Å²) in [5, 5.41) is 7.13. The molecular weight excluding hydrogens is 252 g/mol. The number of benzene rings is 1. The SMILES string of the molecule is C=C/C=C(\C=C)c1[nH]ncc1Sc1ccc(C)cc1. The Balaban J connectivity index is 2.29. The minimum absolute atomic E-state index is 0.973. The summed E-state index contributed by atoms with van der Waals surface area (Å²) in [6.07, 6.45) is 7.30. The molecule has 0 aliphatic heterocycles. The number of nitrogens with one attached hydrogen (secondary N) is 1. The first-order valence-electron chi connectivity index (χ1n) is 5.98. The van der Waals surface area contributed by atoms with Crippen LogP contribution in [0.15, 0.2) is 71.6 Å². The number of aromatic nitrogens is 2. The van der Waals surface area contributed by atoms with E-state index in [9.17, 15) is 0 Å². The van der Waals surface area contributed by atoms with Crippen LogP contribution in [0.5, 0.6) is 0 Å². The van der Waals surface area contributed by atoms with Crippen LogP contribution in [-0.4, -0.2) is 10.2 Å². The zero-order valence-corrected chi connectivity index (χ0v) is 11.7. The molecule has 2 nitrogen and oxygen atoms in total. The van der Waals surface area contributed by atoms with Gasteiger partial charge < -0.3 is 0 Å². The molecule has 0 bridgehead atoms. The first-order chi connectivity index (χ1) is 9.24. The highest BCUT2D eigenvalue weighted by molar-refractivity contribution is 7.99. The number of rotatable bonds is 5. The van der Waals surface area contributed by atoms with Crippen LogP contribution < -0.4 is 0 Å². The van der Waals surface area contributed by atoms with Gasteiger partial charge in [0.05, 0.1) is 16.8 Å². The van der Waals surface area contributed by atoms with Crippen molar-refractivity contribution >= 4 is 17.3 Å². The van der Waals surface area contributed by atoms with E-state index in [4.69, 9.17) is 0 Å². The third-order valence-corrected chi connectivity index (χ3v) is 3.70. The van der Waals surface area contributed by atoms with Gasteiger partial charge in [0.25, 0.3) is 0 Å². The molecule has 96 valence electrons. The maximum absolute atomic E-state index is 4.12. The Hall–Kier alpha value is -2.00. The Kier molecular flexibility index (Phi) is 4.42. The van der Waals surface area contributed by atoms with E-state index >= 15 is 0 Å². The lowest BCUT2D eigenvalue weighted by Gasteiger charge is -2.04. The minimum Gasteiger partial charge on any atom is -0.277 e. The summed E-state index contributed by atoms with van der Waals surface area (Å²) in [6, 6.07) is 8.44. The molecule has 2 aromatic rings. The highest BCUT2D eigenvalue weighted by Gasteiger charge is 2.09. The van der Waals surface area contributed by atoms with Gasteiger partial charge in [0.15, 0.2) is 0 Å². The largest absolute Gasteiger partial charge is 0.277 e. The topological polar surface area (TPSA) is 28.7 Å². The summed E-state index contributed by atoms with van der Waals surface area (Å²) in [6.45, 7) is 9.62. The third kappa shape index (κ3) is 3.26. The Morgan fingerprint density at radius 1 is 1.26 bits per heavy atom. The van der Waals surface area contributed by atoms with Crippen molar-refractivity contribution in [3.05, 3.63) is 73.1 Å². The van der Waals surface area contributed by atoms with Crippen molar-refractivity contribution in [1.82, 2.24) is 10.2 Å². The zero-order valence-electron chi connectivity index (χ0n) is 10.9. The van der Waals surface area contributed by atoms with E-state index in [1.165, 1.54) is 10.5 Å². The molecule has 0 spiro atoms. The number of nitrogens with zero attached hydrogens (tertiary/aromatic N) is 1. The molecule has 0 saturated heterocycles. The molecule has 0 unspecified atom stereocenters. The van der Waals surface area contributed by atoms with Crippen LogP contribution >= 0.6 is 11.8 Å². The molecule has 0 saturated carbocycles. The fourth-order valence-electron chi connectivity index (χ4n) is 1.67. The average molecular weight is 268 g/mol. The molecule has 0 aliphatic carbocycles. The van der Waals surface area contributed by atoms with Gasteiger partial charge in [-0.2, -0.15) is 5.10 Å². The fourth-order valence-corrected chi connectivity index (χ4v) is 2.57. The average Bonchev–Trinajstić information content (AvgIpc) is 2.87. The molecule has 0 radical (unpaired) electrons. The lowest BCUT2D eigenvalue weighted by atomic mass is 10.2. The summed E-state index contributed by atoms with van der Waals surface area (Å²) < 4.78 is 0. The van der Waals surface area contributed by atoms with Crippen LogP contribution in [0.25, 0.3) is 5.57 Å². The summed E-state index contributed by atoms with van der Waals surface area (Å²) in [5.74, 6) is 0. The third-order valence-electron chi connectivity index (χ3n) is 2.66. The Morgan fingerprint density at radius 3 is 2.63 bits per heavy atom.